The van der Waals surface area contributed by atoms with Gasteiger partial charge in [-0.3, -0.25) is 9.59 Å². The molecule has 0 saturated carbocycles. The van der Waals surface area contributed by atoms with Gasteiger partial charge < -0.3 is 19.8 Å². The molecule has 3 heterocycles. The van der Waals surface area contributed by atoms with Crippen LogP contribution in [0.15, 0.2) is 23.1 Å². The van der Waals surface area contributed by atoms with Gasteiger partial charge in [0.15, 0.2) is 0 Å². The number of amides is 1. The van der Waals surface area contributed by atoms with Crippen molar-refractivity contribution < 1.29 is 14.3 Å². The predicted molar refractivity (Wildman–Crippen MR) is 128 cm³/mol. The maximum absolute atomic E-state index is 12.6. The van der Waals surface area contributed by atoms with E-state index in [1.165, 1.54) is 16.9 Å². The van der Waals surface area contributed by atoms with E-state index in [0.717, 1.165) is 29.5 Å². The van der Waals surface area contributed by atoms with Crippen LogP contribution in [0.3, 0.4) is 0 Å². The number of nitrogens with one attached hydrogen (secondary N) is 2. The van der Waals surface area contributed by atoms with Gasteiger partial charge in [0.2, 0.25) is 11.8 Å². The summed E-state index contributed by atoms with van der Waals surface area (Å²) in [6, 6.07) is 3.46. The number of fused-ring (bicyclic) bond motifs is 3. The van der Waals surface area contributed by atoms with Crippen molar-refractivity contribution >= 4 is 44.9 Å². The molecule has 3 aromatic heterocycles. The number of H-pyrrole nitrogens is 1. The summed E-state index contributed by atoms with van der Waals surface area (Å²) in [5.41, 5.74) is 1.78. The molecule has 10 heteroatoms. The summed E-state index contributed by atoms with van der Waals surface area (Å²) < 4.78 is 10.3. The van der Waals surface area contributed by atoms with Gasteiger partial charge in [-0.25, -0.2) is 9.97 Å². The maximum Gasteiger partial charge on any atom is 0.259 e. The summed E-state index contributed by atoms with van der Waals surface area (Å²) in [5, 5.41) is 3.61. The zero-order valence-electron chi connectivity index (χ0n) is 17.9. The van der Waals surface area contributed by atoms with E-state index in [-0.39, 0.29) is 11.5 Å². The van der Waals surface area contributed by atoms with E-state index in [0.29, 0.717) is 48.5 Å². The number of aromatic amines is 1. The summed E-state index contributed by atoms with van der Waals surface area (Å²) in [6.45, 7) is 0.915. The molecule has 1 amide bonds. The largest absolute Gasteiger partial charge is 0.475 e. The van der Waals surface area contributed by atoms with Crippen LogP contribution < -0.4 is 15.6 Å². The molecular formula is C22H26N4O4S2. The molecule has 0 aromatic carbocycles. The van der Waals surface area contributed by atoms with Crippen LogP contribution in [0.25, 0.3) is 10.2 Å². The topological polar surface area (TPSA) is 106 Å². The zero-order chi connectivity index (χ0) is 22.3. The van der Waals surface area contributed by atoms with Crippen LogP contribution >= 0.6 is 23.1 Å². The van der Waals surface area contributed by atoms with Gasteiger partial charge in [0.25, 0.3) is 5.56 Å². The fraction of sp³-hybridized carbons (Fsp3) is 0.455. The van der Waals surface area contributed by atoms with Crippen LogP contribution in [0.5, 0.6) is 5.88 Å². The SMILES string of the molecule is COCCOc1ccc(NC(=O)CCSCc2nc3sc4c(c3c(=O)[nH]2)CCCC4)cn1. The molecule has 0 spiro atoms. The fourth-order valence-corrected chi connectivity index (χ4v) is 5.69. The van der Waals surface area contributed by atoms with Gasteiger partial charge in [0.1, 0.15) is 17.3 Å². The van der Waals surface area contributed by atoms with Crippen molar-refractivity contribution in [2.75, 3.05) is 31.4 Å². The van der Waals surface area contributed by atoms with E-state index < -0.39 is 0 Å². The first-order valence-corrected chi connectivity index (χ1v) is 12.6. The number of hydrogen-bond acceptors (Lipinski definition) is 8. The number of aromatic nitrogens is 3. The number of anilines is 1. The number of carbonyl (C=O) groups excluding carboxylic acids is 1. The Morgan fingerprint density at radius 2 is 2.16 bits per heavy atom. The number of aryl methyl sites for hydroxylation is 2. The van der Waals surface area contributed by atoms with Crippen molar-refractivity contribution in [2.24, 2.45) is 0 Å². The zero-order valence-corrected chi connectivity index (χ0v) is 19.6. The van der Waals surface area contributed by atoms with Gasteiger partial charge >= 0.3 is 0 Å². The standard InChI is InChI=1S/C22H26N4O4S2/c1-29-9-10-30-19-7-6-14(12-23-19)24-18(27)8-11-31-13-17-25-21(28)20-15-4-2-3-5-16(15)32-22(20)26-17/h6-7,12H,2-5,8-11,13H2,1H3,(H,24,27)(H,25,26,28). The van der Waals surface area contributed by atoms with Crippen LogP contribution in [-0.2, 0) is 28.1 Å². The lowest BCUT2D eigenvalue weighted by molar-refractivity contribution is -0.115. The smallest absolute Gasteiger partial charge is 0.259 e. The number of hydrogen-bond donors (Lipinski definition) is 2. The molecule has 0 fully saturated rings. The lowest BCUT2D eigenvalue weighted by Crippen LogP contribution is -2.14. The Morgan fingerprint density at radius 3 is 2.97 bits per heavy atom. The Bertz CT molecular complexity index is 1130. The first-order chi connectivity index (χ1) is 15.6. The van der Waals surface area contributed by atoms with Crippen molar-refractivity contribution in [3.05, 3.63) is 44.9 Å². The fourth-order valence-electron chi connectivity index (χ4n) is 3.60. The van der Waals surface area contributed by atoms with E-state index in [4.69, 9.17) is 9.47 Å². The van der Waals surface area contributed by atoms with E-state index in [9.17, 15) is 9.59 Å². The molecule has 32 heavy (non-hydrogen) atoms. The summed E-state index contributed by atoms with van der Waals surface area (Å²) in [5.74, 6) is 2.26. The Morgan fingerprint density at radius 1 is 1.28 bits per heavy atom. The molecule has 0 radical (unpaired) electrons. The van der Waals surface area contributed by atoms with Crippen molar-refractivity contribution in [1.82, 2.24) is 15.0 Å². The molecule has 0 aliphatic heterocycles. The van der Waals surface area contributed by atoms with Gasteiger partial charge in [-0.15, -0.1) is 11.3 Å². The molecule has 0 unspecified atom stereocenters. The summed E-state index contributed by atoms with van der Waals surface area (Å²) in [4.78, 5) is 38.7. The Balaban J connectivity index is 1.24. The molecule has 0 bridgehead atoms. The molecule has 8 nitrogen and oxygen atoms in total. The molecule has 4 rings (SSSR count). The summed E-state index contributed by atoms with van der Waals surface area (Å²) in [7, 11) is 1.61. The molecule has 170 valence electrons. The first kappa shape index (κ1) is 22.8. The summed E-state index contributed by atoms with van der Waals surface area (Å²) in [6.07, 6.45) is 6.27. The average Bonchev–Trinajstić information content (AvgIpc) is 3.17. The minimum absolute atomic E-state index is 0.0371. The maximum atomic E-state index is 12.6. The van der Waals surface area contributed by atoms with Gasteiger partial charge in [0.05, 0.1) is 29.6 Å². The third kappa shape index (κ3) is 5.67. The highest BCUT2D eigenvalue weighted by atomic mass is 32.2. The molecule has 2 N–H and O–H groups in total. The van der Waals surface area contributed by atoms with Crippen LogP contribution in [0.4, 0.5) is 5.69 Å². The van der Waals surface area contributed by atoms with Crippen molar-refractivity contribution in [2.45, 2.75) is 37.9 Å². The number of nitrogens with zero attached hydrogens (tertiary/aromatic N) is 2. The van der Waals surface area contributed by atoms with Crippen LogP contribution in [0.2, 0.25) is 0 Å². The molecule has 1 aliphatic carbocycles. The average molecular weight is 475 g/mol. The number of pyridine rings is 1. The van der Waals surface area contributed by atoms with Gasteiger partial charge in [-0.2, -0.15) is 11.8 Å². The lowest BCUT2D eigenvalue weighted by atomic mass is 9.97. The Hall–Kier alpha value is -2.43. The second-order valence-corrected chi connectivity index (χ2v) is 9.67. The van der Waals surface area contributed by atoms with Crippen LogP contribution in [0.1, 0.15) is 35.5 Å². The monoisotopic (exact) mass is 474 g/mol. The minimum atomic E-state index is -0.0878. The first-order valence-electron chi connectivity index (χ1n) is 10.6. The normalized spacial score (nSPS) is 13.2. The number of thioether (sulfide) groups is 1. The second kappa shape index (κ2) is 10.9. The number of methoxy groups -OCH3 is 1. The van der Waals surface area contributed by atoms with Gasteiger partial charge in [-0.05, 0) is 37.3 Å². The minimum Gasteiger partial charge on any atom is -0.475 e. The number of thiophene rings is 1. The number of carbonyl (C=O) groups is 1. The Labute approximate surface area is 194 Å². The highest BCUT2D eigenvalue weighted by Crippen LogP contribution is 2.33. The van der Waals surface area contributed by atoms with Crippen molar-refractivity contribution in [3.63, 3.8) is 0 Å². The third-order valence-electron chi connectivity index (χ3n) is 5.14. The van der Waals surface area contributed by atoms with E-state index in [1.54, 1.807) is 48.5 Å². The van der Waals surface area contributed by atoms with Crippen molar-refractivity contribution in [1.29, 1.82) is 0 Å². The van der Waals surface area contributed by atoms with E-state index in [1.807, 2.05) is 0 Å². The molecule has 3 aromatic rings. The quantitative estimate of drug-likeness (QED) is 0.433. The van der Waals surface area contributed by atoms with Gasteiger partial charge in [-0.1, -0.05) is 0 Å². The molecular weight excluding hydrogens is 448 g/mol. The highest BCUT2D eigenvalue weighted by Gasteiger charge is 2.19. The molecule has 1 aliphatic rings. The highest BCUT2D eigenvalue weighted by molar-refractivity contribution is 7.98. The van der Waals surface area contributed by atoms with Crippen LogP contribution in [0, 0.1) is 0 Å². The number of ether oxygens (including phenoxy) is 2. The summed E-state index contributed by atoms with van der Waals surface area (Å²) >= 11 is 3.23. The van der Waals surface area contributed by atoms with Crippen LogP contribution in [-0.4, -0.2) is 46.9 Å². The predicted octanol–water partition coefficient (Wildman–Crippen LogP) is 3.55. The molecule has 0 saturated heterocycles. The van der Waals surface area contributed by atoms with E-state index >= 15 is 0 Å². The third-order valence-corrected chi connectivity index (χ3v) is 7.30. The lowest BCUT2D eigenvalue weighted by Gasteiger charge is -2.09. The second-order valence-electron chi connectivity index (χ2n) is 7.48. The molecule has 0 atom stereocenters. The van der Waals surface area contributed by atoms with E-state index in [2.05, 4.69) is 20.3 Å². The Kier molecular flexibility index (Phi) is 7.77. The van der Waals surface area contributed by atoms with Crippen molar-refractivity contribution in [3.8, 4) is 5.88 Å². The number of rotatable bonds is 10. The van der Waals surface area contributed by atoms with Gasteiger partial charge in [0, 0.05) is 30.2 Å².